The zero-order valence-corrected chi connectivity index (χ0v) is 12.0. The van der Waals surface area contributed by atoms with E-state index >= 15 is 0 Å². The topological polar surface area (TPSA) is 15.3 Å². The first kappa shape index (κ1) is 14.3. The van der Waals surface area contributed by atoms with Crippen molar-refractivity contribution < 1.29 is 0 Å². The first-order valence-corrected chi connectivity index (χ1v) is 6.30. The normalized spacial score (nSPS) is 16.9. The molecule has 0 atom stereocenters. The summed E-state index contributed by atoms with van der Waals surface area (Å²) in [7, 11) is 0. The van der Waals surface area contributed by atoms with Crippen LogP contribution in [-0.2, 0) is 6.54 Å². The second kappa shape index (κ2) is 6.82. The summed E-state index contributed by atoms with van der Waals surface area (Å²) in [5.74, 6) is 0. The molecule has 0 aromatic heterocycles. The van der Waals surface area contributed by atoms with Gasteiger partial charge in [-0.3, -0.25) is 4.90 Å². The molecular weight excluding hydrogens is 311 g/mol. The van der Waals surface area contributed by atoms with E-state index in [4.69, 9.17) is 11.6 Å². The van der Waals surface area contributed by atoms with Crippen LogP contribution in [0.4, 0.5) is 0 Å². The molecule has 16 heavy (non-hydrogen) atoms. The minimum Gasteiger partial charge on any atom is -0.314 e. The molecule has 1 heterocycles. The minimum atomic E-state index is 0. The Balaban J connectivity index is 0.00000128. The molecule has 1 aromatic carbocycles. The fraction of sp³-hybridized carbons (Fsp3) is 0.455. The lowest BCUT2D eigenvalue weighted by Gasteiger charge is -2.27. The summed E-state index contributed by atoms with van der Waals surface area (Å²) in [6, 6.07) is 6.00. The van der Waals surface area contributed by atoms with E-state index in [0.717, 1.165) is 42.2 Å². The molecule has 1 N–H and O–H groups in total. The van der Waals surface area contributed by atoms with E-state index in [0.29, 0.717) is 0 Å². The van der Waals surface area contributed by atoms with Gasteiger partial charge in [-0.05, 0) is 17.7 Å². The maximum absolute atomic E-state index is 5.91. The lowest BCUT2D eigenvalue weighted by Crippen LogP contribution is -2.42. The molecule has 5 heteroatoms. The molecule has 0 amide bonds. The van der Waals surface area contributed by atoms with Crippen LogP contribution >= 0.6 is 39.9 Å². The van der Waals surface area contributed by atoms with Crippen LogP contribution in [0.25, 0.3) is 0 Å². The van der Waals surface area contributed by atoms with E-state index in [2.05, 4.69) is 32.2 Å². The van der Waals surface area contributed by atoms with Crippen LogP contribution in [0, 0.1) is 0 Å². The molecule has 0 bridgehead atoms. The number of hydrogen-bond acceptors (Lipinski definition) is 2. The highest BCUT2D eigenvalue weighted by Crippen LogP contribution is 2.22. The number of nitrogens with zero attached hydrogens (tertiary/aromatic N) is 1. The Kier molecular flexibility index (Phi) is 6.08. The highest BCUT2D eigenvalue weighted by Gasteiger charge is 2.11. The number of rotatable bonds is 2. The highest BCUT2D eigenvalue weighted by molar-refractivity contribution is 9.10. The average Bonchev–Trinajstić information content (AvgIpc) is 2.24. The fourth-order valence-electron chi connectivity index (χ4n) is 1.76. The van der Waals surface area contributed by atoms with Crippen LogP contribution in [0.5, 0.6) is 0 Å². The van der Waals surface area contributed by atoms with Crippen molar-refractivity contribution in [3.8, 4) is 0 Å². The molecule has 1 aliphatic rings. The summed E-state index contributed by atoms with van der Waals surface area (Å²) in [6.07, 6.45) is 0. The smallest absolute Gasteiger partial charge is 0.0417 e. The van der Waals surface area contributed by atoms with Gasteiger partial charge in [-0.1, -0.05) is 33.6 Å². The third-order valence-corrected chi connectivity index (χ3v) is 3.59. The molecule has 1 aromatic rings. The van der Waals surface area contributed by atoms with Gasteiger partial charge in [-0.15, -0.1) is 12.4 Å². The van der Waals surface area contributed by atoms with Crippen molar-refractivity contribution in [1.82, 2.24) is 10.2 Å². The van der Waals surface area contributed by atoms with Crippen molar-refractivity contribution in [3.05, 3.63) is 33.3 Å². The van der Waals surface area contributed by atoms with Gasteiger partial charge in [0.15, 0.2) is 0 Å². The number of halogens is 3. The third-order valence-electron chi connectivity index (χ3n) is 2.62. The van der Waals surface area contributed by atoms with E-state index < -0.39 is 0 Å². The van der Waals surface area contributed by atoms with Crippen LogP contribution in [0.3, 0.4) is 0 Å². The first-order valence-electron chi connectivity index (χ1n) is 5.13. The molecule has 0 radical (unpaired) electrons. The molecule has 1 saturated heterocycles. The Bertz CT molecular complexity index is 341. The molecule has 0 spiro atoms. The van der Waals surface area contributed by atoms with Crippen LogP contribution < -0.4 is 5.32 Å². The summed E-state index contributed by atoms with van der Waals surface area (Å²) < 4.78 is 1.11. The Morgan fingerprint density at radius 2 is 2.00 bits per heavy atom. The highest BCUT2D eigenvalue weighted by atomic mass is 79.9. The first-order chi connectivity index (χ1) is 7.25. The monoisotopic (exact) mass is 324 g/mol. The second-order valence-corrected chi connectivity index (χ2v) is 5.05. The quantitative estimate of drug-likeness (QED) is 0.899. The van der Waals surface area contributed by atoms with Crippen molar-refractivity contribution in [2.45, 2.75) is 6.54 Å². The lowest BCUT2D eigenvalue weighted by atomic mass is 10.2. The predicted molar refractivity (Wildman–Crippen MR) is 74.5 cm³/mol. The molecule has 1 aliphatic heterocycles. The zero-order chi connectivity index (χ0) is 10.7. The Morgan fingerprint density at radius 3 is 2.62 bits per heavy atom. The van der Waals surface area contributed by atoms with E-state index in [1.165, 1.54) is 5.56 Å². The van der Waals surface area contributed by atoms with E-state index in [-0.39, 0.29) is 12.4 Å². The van der Waals surface area contributed by atoms with Crippen LogP contribution in [0.2, 0.25) is 5.02 Å². The SMILES string of the molecule is Cl.Clc1ccc(CN2CCNCC2)c(Br)c1. The standard InChI is InChI=1S/C11H14BrClN2.ClH/c12-11-7-10(13)2-1-9(11)8-15-5-3-14-4-6-15;/h1-2,7,14H,3-6,8H2;1H. The third kappa shape index (κ3) is 3.90. The average molecular weight is 326 g/mol. The molecule has 1 fully saturated rings. The van der Waals surface area contributed by atoms with Gasteiger partial charge in [0.25, 0.3) is 0 Å². The van der Waals surface area contributed by atoms with E-state index in [9.17, 15) is 0 Å². The van der Waals surface area contributed by atoms with Gasteiger partial charge in [0.1, 0.15) is 0 Å². The number of hydrogen-bond donors (Lipinski definition) is 1. The maximum Gasteiger partial charge on any atom is 0.0417 e. The second-order valence-electron chi connectivity index (χ2n) is 3.76. The van der Waals surface area contributed by atoms with Crippen molar-refractivity contribution >= 4 is 39.9 Å². The van der Waals surface area contributed by atoms with Crippen LogP contribution in [-0.4, -0.2) is 31.1 Å². The zero-order valence-electron chi connectivity index (χ0n) is 8.88. The minimum absolute atomic E-state index is 0. The molecular formula is C11H15BrCl2N2. The number of nitrogens with one attached hydrogen (secondary N) is 1. The van der Waals surface area contributed by atoms with Crippen LogP contribution in [0.15, 0.2) is 22.7 Å². The summed E-state index contributed by atoms with van der Waals surface area (Å²) in [4.78, 5) is 2.45. The molecule has 2 nitrogen and oxygen atoms in total. The van der Waals surface area contributed by atoms with Gasteiger partial charge in [-0.25, -0.2) is 0 Å². The summed E-state index contributed by atoms with van der Waals surface area (Å²) in [6.45, 7) is 5.42. The largest absolute Gasteiger partial charge is 0.314 e. The van der Waals surface area contributed by atoms with Crippen molar-refractivity contribution in [2.75, 3.05) is 26.2 Å². The van der Waals surface area contributed by atoms with Gasteiger partial charge in [0, 0.05) is 42.2 Å². The fourth-order valence-corrected chi connectivity index (χ4v) is 2.57. The van der Waals surface area contributed by atoms with Gasteiger partial charge in [0.05, 0.1) is 0 Å². The Labute approximate surface area is 116 Å². The van der Waals surface area contributed by atoms with Crippen molar-refractivity contribution in [2.24, 2.45) is 0 Å². The summed E-state index contributed by atoms with van der Waals surface area (Å²) >= 11 is 9.45. The van der Waals surface area contributed by atoms with E-state index in [1.807, 2.05) is 12.1 Å². The lowest BCUT2D eigenvalue weighted by molar-refractivity contribution is 0.233. The van der Waals surface area contributed by atoms with Gasteiger partial charge in [0.2, 0.25) is 0 Å². The summed E-state index contributed by atoms with van der Waals surface area (Å²) in [5.41, 5.74) is 1.31. The van der Waals surface area contributed by atoms with Crippen molar-refractivity contribution in [3.63, 3.8) is 0 Å². The molecule has 90 valence electrons. The number of benzene rings is 1. The summed E-state index contributed by atoms with van der Waals surface area (Å²) in [5, 5.41) is 4.13. The van der Waals surface area contributed by atoms with E-state index in [1.54, 1.807) is 0 Å². The van der Waals surface area contributed by atoms with Gasteiger partial charge < -0.3 is 5.32 Å². The number of piperazine rings is 1. The maximum atomic E-state index is 5.91. The Hall–Kier alpha value is 0.200. The van der Waals surface area contributed by atoms with Crippen LogP contribution in [0.1, 0.15) is 5.56 Å². The molecule has 0 unspecified atom stereocenters. The predicted octanol–water partition coefficient (Wildman–Crippen LogP) is 2.93. The molecule has 0 aliphatic carbocycles. The van der Waals surface area contributed by atoms with Gasteiger partial charge >= 0.3 is 0 Å². The van der Waals surface area contributed by atoms with Crippen molar-refractivity contribution in [1.29, 1.82) is 0 Å². The molecule has 0 saturated carbocycles. The Morgan fingerprint density at radius 1 is 1.31 bits per heavy atom. The van der Waals surface area contributed by atoms with Gasteiger partial charge in [-0.2, -0.15) is 0 Å². The molecule has 2 rings (SSSR count).